The Hall–Kier alpha value is -1.56. The third-order valence-corrected chi connectivity index (χ3v) is 2.65. The predicted octanol–water partition coefficient (Wildman–Crippen LogP) is 3.69. The Morgan fingerprint density at radius 3 is 2.45 bits per heavy atom. The highest BCUT2D eigenvalue weighted by atomic mass is 35.5. The number of benzene rings is 1. The van der Waals surface area contributed by atoms with Gasteiger partial charge in [-0.2, -0.15) is 13.2 Å². The lowest BCUT2D eigenvalue weighted by Crippen LogP contribution is -2.16. The number of Topliss-reactive ketones (excluding diaryl/α,β-unsaturated/α-hetero) is 1. The monoisotopic (exact) mass is 308 g/mol. The number of hydrogen-bond acceptors (Lipinski definition) is 3. The van der Waals surface area contributed by atoms with Crippen LogP contribution < -0.4 is 0 Å². The Kier molecular flexibility index (Phi) is 5.56. The molecule has 0 aromatic heterocycles. The molecule has 0 heterocycles. The highest BCUT2D eigenvalue weighted by Crippen LogP contribution is 2.33. The van der Waals surface area contributed by atoms with Gasteiger partial charge in [0.1, 0.15) is 0 Å². The van der Waals surface area contributed by atoms with E-state index in [1.54, 1.807) is 0 Å². The van der Waals surface area contributed by atoms with E-state index in [9.17, 15) is 22.8 Å². The summed E-state index contributed by atoms with van der Waals surface area (Å²) in [7, 11) is 0. The lowest BCUT2D eigenvalue weighted by Gasteiger charge is -2.13. The first-order valence-corrected chi connectivity index (χ1v) is 6.32. The third kappa shape index (κ3) is 3.96. The molecule has 0 N–H and O–H groups in total. The standard InChI is InChI=1S/C13H12ClF3O3/c1-2-20-12(19)9-4-3-8(11(18)5-6-14)7-10(9)13(15,16)17/h3-4,7H,2,5-6H2,1H3. The van der Waals surface area contributed by atoms with Crippen LogP contribution in [0.2, 0.25) is 0 Å². The van der Waals surface area contributed by atoms with E-state index in [2.05, 4.69) is 4.74 Å². The second-order valence-corrected chi connectivity index (χ2v) is 4.22. The number of esters is 1. The Morgan fingerprint density at radius 2 is 1.95 bits per heavy atom. The maximum Gasteiger partial charge on any atom is 0.417 e. The first-order valence-electron chi connectivity index (χ1n) is 5.78. The van der Waals surface area contributed by atoms with E-state index < -0.39 is 29.1 Å². The van der Waals surface area contributed by atoms with Crippen LogP contribution in [0.5, 0.6) is 0 Å². The summed E-state index contributed by atoms with van der Waals surface area (Å²) in [6, 6.07) is 2.76. The molecule has 110 valence electrons. The van der Waals surface area contributed by atoms with E-state index in [4.69, 9.17) is 11.6 Å². The van der Waals surface area contributed by atoms with E-state index in [0.29, 0.717) is 6.07 Å². The second-order valence-electron chi connectivity index (χ2n) is 3.84. The van der Waals surface area contributed by atoms with Gasteiger partial charge in [0.2, 0.25) is 0 Å². The summed E-state index contributed by atoms with van der Waals surface area (Å²) in [6.45, 7) is 1.45. The van der Waals surface area contributed by atoms with Crippen LogP contribution in [-0.2, 0) is 10.9 Å². The van der Waals surface area contributed by atoms with Crippen molar-refractivity contribution in [1.82, 2.24) is 0 Å². The summed E-state index contributed by atoms with van der Waals surface area (Å²) >= 11 is 5.38. The summed E-state index contributed by atoms with van der Waals surface area (Å²) in [6.07, 6.45) is -4.82. The quantitative estimate of drug-likeness (QED) is 0.473. The molecule has 0 unspecified atom stereocenters. The van der Waals surface area contributed by atoms with Crippen LogP contribution in [0.1, 0.15) is 39.6 Å². The average molecular weight is 309 g/mol. The fourth-order valence-corrected chi connectivity index (χ4v) is 1.74. The molecule has 0 aliphatic heterocycles. The van der Waals surface area contributed by atoms with Gasteiger partial charge in [-0.05, 0) is 19.1 Å². The van der Waals surface area contributed by atoms with Crippen molar-refractivity contribution in [2.45, 2.75) is 19.5 Å². The van der Waals surface area contributed by atoms with Crippen molar-refractivity contribution < 1.29 is 27.5 Å². The number of hydrogen-bond donors (Lipinski definition) is 0. The highest BCUT2D eigenvalue weighted by molar-refractivity contribution is 6.19. The molecule has 1 rings (SSSR count). The molecule has 0 spiro atoms. The first-order chi connectivity index (χ1) is 9.31. The van der Waals surface area contributed by atoms with Crippen molar-refractivity contribution in [2.24, 2.45) is 0 Å². The number of rotatable bonds is 5. The molecule has 0 saturated heterocycles. The molecule has 0 aliphatic rings. The zero-order valence-electron chi connectivity index (χ0n) is 10.6. The molecule has 0 fully saturated rings. The minimum atomic E-state index is -4.75. The molecule has 0 aliphatic carbocycles. The summed E-state index contributed by atoms with van der Waals surface area (Å²) in [5.41, 5.74) is -1.93. The van der Waals surface area contributed by atoms with E-state index in [1.807, 2.05) is 0 Å². The second kappa shape index (κ2) is 6.74. The molecule has 0 saturated carbocycles. The Balaban J connectivity index is 3.27. The largest absolute Gasteiger partial charge is 0.462 e. The molecule has 1 aromatic carbocycles. The Morgan fingerprint density at radius 1 is 1.30 bits per heavy atom. The Labute approximate surface area is 118 Å². The molecule has 20 heavy (non-hydrogen) atoms. The van der Waals surface area contributed by atoms with Crippen molar-refractivity contribution in [3.8, 4) is 0 Å². The predicted molar refractivity (Wildman–Crippen MR) is 67.1 cm³/mol. The van der Waals surface area contributed by atoms with Gasteiger partial charge in [-0.3, -0.25) is 4.79 Å². The van der Waals surface area contributed by atoms with E-state index in [0.717, 1.165) is 12.1 Å². The van der Waals surface area contributed by atoms with Gasteiger partial charge in [0.25, 0.3) is 0 Å². The van der Waals surface area contributed by atoms with Crippen LogP contribution in [0.15, 0.2) is 18.2 Å². The molecule has 7 heteroatoms. The minimum Gasteiger partial charge on any atom is -0.462 e. The number of carbonyl (C=O) groups is 2. The molecular formula is C13H12ClF3O3. The zero-order valence-corrected chi connectivity index (χ0v) is 11.3. The molecule has 3 nitrogen and oxygen atoms in total. The van der Waals surface area contributed by atoms with Crippen molar-refractivity contribution in [2.75, 3.05) is 12.5 Å². The average Bonchev–Trinajstić information content (AvgIpc) is 2.37. The minimum absolute atomic E-state index is 0.0137. The molecule has 0 bridgehead atoms. The lowest BCUT2D eigenvalue weighted by molar-refractivity contribution is -0.138. The smallest absolute Gasteiger partial charge is 0.417 e. The Bertz CT molecular complexity index is 512. The fourth-order valence-electron chi connectivity index (χ4n) is 1.57. The number of ether oxygens (including phenoxy) is 1. The van der Waals surface area contributed by atoms with Crippen molar-refractivity contribution >= 4 is 23.4 Å². The highest BCUT2D eigenvalue weighted by Gasteiger charge is 2.36. The topological polar surface area (TPSA) is 43.4 Å². The SMILES string of the molecule is CCOC(=O)c1ccc(C(=O)CCCl)cc1C(F)(F)F. The van der Waals surface area contributed by atoms with Gasteiger partial charge >= 0.3 is 12.1 Å². The van der Waals surface area contributed by atoms with Gasteiger partial charge in [0.05, 0.1) is 17.7 Å². The van der Waals surface area contributed by atoms with Crippen molar-refractivity contribution in [1.29, 1.82) is 0 Å². The normalized spacial score (nSPS) is 11.2. The van der Waals surface area contributed by atoms with Crippen molar-refractivity contribution in [3.05, 3.63) is 34.9 Å². The van der Waals surface area contributed by atoms with Crippen LogP contribution in [-0.4, -0.2) is 24.2 Å². The third-order valence-electron chi connectivity index (χ3n) is 2.46. The van der Waals surface area contributed by atoms with E-state index >= 15 is 0 Å². The van der Waals surface area contributed by atoms with Gasteiger partial charge in [0.15, 0.2) is 5.78 Å². The van der Waals surface area contributed by atoms with Crippen molar-refractivity contribution in [3.63, 3.8) is 0 Å². The van der Waals surface area contributed by atoms with Crippen LogP contribution in [0.3, 0.4) is 0 Å². The van der Waals surface area contributed by atoms with Gasteiger partial charge in [-0.15, -0.1) is 11.6 Å². The van der Waals surface area contributed by atoms with Gasteiger partial charge in [-0.25, -0.2) is 4.79 Å². The fraction of sp³-hybridized carbons (Fsp3) is 0.385. The molecule has 0 atom stereocenters. The summed E-state index contributed by atoms with van der Waals surface area (Å²) in [5, 5.41) is 0. The van der Waals surface area contributed by atoms with Gasteiger partial charge in [-0.1, -0.05) is 6.07 Å². The molecular weight excluding hydrogens is 297 g/mol. The number of ketones is 1. The van der Waals surface area contributed by atoms with Gasteiger partial charge in [0, 0.05) is 17.9 Å². The summed E-state index contributed by atoms with van der Waals surface area (Å²) in [5.74, 6) is -1.57. The summed E-state index contributed by atoms with van der Waals surface area (Å²) < 4.78 is 43.4. The maximum absolute atomic E-state index is 12.9. The van der Waals surface area contributed by atoms with Crippen LogP contribution in [0.4, 0.5) is 13.2 Å². The van der Waals surface area contributed by atoms with Crippen LogP contribution in [0, 0.1) is 0 Å². The van der Waals surface area contributed by atoms with Crippen LogP contribution >= 0.6 is 11.6 Å². The lowest BCUT2D eigenvalue weighted by atomic mass is 10.00. The van der Waals surface area contributed by atoms with E-state index in [1.165, 1.54) is 6.92 Å². The zero-order chi connectivity index (χ0) is 15.3. The summed E-state index contributed by atoms with van der Waals surface area (Å²) in [4.78, 5) is 23.1. The maximum atomic E-state index is 12.9. The van der Waals surface area contributed by atoms with E-state index in [-0.39, 0.29) is 24.5 Å². The first kappa shape index (κ1) is 16.5. The van der Waals surface area contributed by atoms with Crippen LogP contribution in [0.25, 0.3) is 0 Å². The molecule has 1 aromatic rings. The number of carbonyl (C=O) groups excluding carboxylic acids is 2. The molecule has 0 amide bonds. The van der Waals surface area contributed by atoms with Gasteiger partial charge < -0.3 is 4.74 Å². The number of alkyl halides is 4. The molecule has 0 radical (unpaired) electrons. The number of halogens is 4.